The molecule has 2 rings (SSSR count). The third-order valence-corrected chi connectivity index (χ3v) is 3.20. The number of aromatic amines is 1. The number of halogens is 1. The predicted molar refractivity (Wildman–Crippen MR) is 74.5 cm³/mol. The van der Waals surface area contributed by atoms with E-state index >= 15 is 0 Å². The second-order valence-electron chi connectivity index (χ2n) is 4.59. The minimum atomic E-state index is -0.286. The fraction of sp³-hybridized carbons (Fsp3) is 0.417. The Labute approximate surface area is 115 Å². The largest absolute Gasteiger partial charge is 0.378 e. The molecule has 0 unspecified atom stereocenters. The van der Waals surface area contributed by atoms with Crippen molar-refractivity contribution >= 4 is 17.3 Å². The van der Waals surface area contributed by atoms with Crippen LogP contribution in [0.5, 0.6) is 0 Å². The number of rotatable bonds is 4. The zero-order valence-corrected chi connectivity index (χ0v) is 11.8. The summed E-state index contributed by atoms with van der Waals surface area (Å²) in [4.78, 5) is 12.0. The van der Waals surface area contributed by atoms with Gasteiger partial charge in [0.25, 0.3) is 5.56 Å². The molecular formula is C12H16ClN5O. The van der Waals surface area contributed by atoms with Crippen LogP contribution in [0.25, 0.3) is 0 Å². The summed E-state index contributed by atoms with van der Waals surface area (Å²) in [5, 5.41) is 14.1. The first-order valence-electron chi connectivity index (χ1n) is 6.00. The highest BCUT2D eigenvalue weighted by Crippen LogP contribution is 2.17. The number of nitrogens with zero attached hydrogens (tertiary/aromatic N) is 3. The van der Waals surface area contributed by atoms with Crippen molar-refractivity contribution in [3.63, 3.8) is 0 Å². The van der Waals surface area contributed by atoms with Gasteiger partial charge in [0.2, 0.25) is 0 Å². The maximum absolute atomic E-state index is 12.0. The first-order valence-corrected chi connectivity index (χ1v) is 6.38. The molecule has 2 aromatic heterocycles. The van der Waals surface area contributed by atoms with E-state index in [0.717, 1.165) is 11.3 Å². The number of hydrogen-bond donors (Lipinski definition) is 2. The second-order valence-corrected chi connectivity index (χ2v) is 4.97. The van der Waals surface area contributed by atoms with E-state index in [2.05, 4.69) is 20.6 Å². The Bertz CT molecular complexity index is 631. The van der Waals surface area contributed by atoms with E-state index in [-0.39, 0.29) is 16.6 Å². The van der Waals surface area contributed by atoms with Gasteiger partial charge in [0.1, 0.15) is 5.02 Å². The summed E-state index contributed by atoms with van der Waals surface area (Å²) in [7, 11) is 0. The summed E-state index contributed by atoms with van der Waals surface area (Å²) in [5.74, 6) is 0. The minimum absolute atomic E-state index is 0.0184. The van der Waals surface area contributed by atoms with Gasteiger partial charge in [0, 0.05) is 17.8 Å². The maximum Gasteiger partial charge on any atom is 0.287 e. The standard InChI is InChI=1S/C12H16ClN5O/c1-7(2)18-12(19)11(13)10(6-16-18)14-4-9-5-15-17-8(9)3/h5-7,14H,4H2,1-3H3,(H,15,17). The molecule has 2 aromatic rings. The van der Waals surface area contributed by atoms with E-state index in [9.17, 15) is 4.79 Å². The number of anilines is 1. The van der Waals surface area contributed by atoms with E-state index in [1.54, 1.807) is 12.4 Å². The normalized spacial score (nSPS) is 11.0. The first-order chi connectivity index (χ1) is 9.00. The molecule has 102 valence electrons. The number of H-pyrrole nitrogens is 1. The van der Waals surface area contributed by atoms with Gasteiger partial charge in [-0.25, -0.2) is 4.68 Å². The van der Waals surface area contributed by atoms with Gasteiger partial charge in [-0.15, -0.1) is 0 Å². The summed E-state index contributed by atoms with van der Waals surface area (Å²) in [6, 6.07) is -0.0184. The van der Waals surface area contributed by atoms with Gasteiger partial charge in [0.05, 0.1) is 24.1 Å². The van der Waals surface area contributed by atoms with Gasteiger partial charge < -0.3 is 5.32 Å². The van der Waals surface area contributed by atoms with Crippen molar-refractivity contribution in [1.82, 2.24) is 20.0 Å². The topological polar surface area (TPSA) is 75.6 Å². The van der Waals surface area contributed by atoms with Gasteiger partial charge in [-0.05, 0) is 20.8 Å². The highest BCUT2D eigenvalue weighted by atomic mass is 35.5. The van der Waals surface area contributed by atoms with E-state index in [1.807, 2.05) is 20.8 Å². The summed E-state index contributed by atoms with van der Waals surface area (Å²) in [6.45, 7) is 6.23. The molecule has 19 heavy (non-hydrogen) atoms. The molecule has 6 nitrogen and oxygen atoms in total. The van der Waals surface area contributed by atoms with Crippen LogP contribution in [-0.2, 0) is 6.54 Å². The lowest BCUT2D eigenvalue weighted by Gasteiger charge is -2.12. The van der Waals surface area contributed by atoms with Crippen LogP contribution in [0.2, 0.25) is 5.02 Å². The number of hydrogen-bond acceptors (Lipinski definition) is 4. The molecule has 0 bridgehead atoms. The van der Waals surface area contributed by atoms with Crippen LogP contribution >= 0.6 is 11.6 Å². The number of aromatic nitrogens is 4. The molecule has 0 saturated carbocycles. The Balaban J connectivity index is 2.20. The number of aryl methyl sites for hydroxylation is 1. The average molecular weight is 282 g/mol. The molecule has 2 N–H and O–H groups in total. The zero-order chi connectivity index (χ0) is 14.0. The van der Waals surface area contributed by atoms with Gasteiger partial charge in [-0.2, -0.15) is 10.2 Å². The Morgan fingerprint density at radius 3 is 2.79 bits per heavy atom. The summed E-state index contributed by atoms with van der Waals surface area (Å²) < 4.78 is 1.36. The lowest BCUT2D eigenvalue weighted by Crippen LogP contribution is -2.25. The van der Waals surface area contributed by atoms with Crippen molar-refractivity contribution in [2.75, 3.05) is 5.32 Å². The quantitative estimate of drug-likeness (QED) is 0.900. The second kappa shape index (κ2) is 5.44. The first kappa shape index (κ1) is 13.6. The molecule has 0 aliphatic carbocycles. The monoisotopic (exact) mass is 281 g/mol. The fourth-order valence-electron chi connectivity index (χ4n) is 1.68. The van der Waals surface area contributed by atoms with Crippen LogP contribution < -0.4 is 10.9 Å². The average Bonchev–Trinajstić information content (AvgIpc) is 2.76. The Morgan fingerprint density at radius 2 is 2.21 bits per heavy atom. The molecule has 0 atom stereocenters. The van der Waals surface area contributed by atoms with Crippen LogP contribution in [-0.4, -0.2) is 20.0 Å². The summed E-state index contributed by atoms with van der Waals surface area (Å²) >= 11 is 6.06. The van der Waals surface area contributed by atoms with Crippen molar-refractivity contribution in [3.05, 3.63) is 39.0 Å². The van der Waals surface area contributed by atoms with E-state index in [1.165, 1.54) is 4.68 Å². The van der Waals surface area contributed by atoms with Crippen LogP contribution in [0.4, 0.5) is 5.69 Å². The highest BCUT2D eigenvalue weighted by Gasteiger charge is 2.11. The van der Waals surface area contributed by atoms with Gasteiger partial charge >= 0.3 is 0 Å². The molecule has 2 heterocycles. The SMILES string of the molecule is Cc1[nH]ncc1CNc1cnn(C(C)C)c(=O)c1Cl. The van der Waals surface area contributed by atoms with E-state index in [0.29, 0.717) is 12.2 Å². The van der Waals surface area contributed by atoms with Gasteiger partial charge in [-0.1, -0.05) is 11.6 Å². The minimum Gasteiger partial charge on any atom is -0.378 e. The number of nitrogens with one attached hydrogen (secondary N) is 2. The molecule has 0 amide bonds. The lowest BCUT2D eigenvalue weighted by molar-refractivity contribution is 0.503. The maximum atomic E-state index is 12.0. The Hall–Kier alpha value is -1.82. The van der Waals surface area contributed by atoms with Crippen LogP contribution in [0.15, 0.2) is 17.2 Å². The molecule has 0 radical (unpaired) electrons. The predicted octanol–water partition coefficient (Wildman–Crippen LogP) is 2.12. The summed E-state index contributed by atoms with van der Waals surface area (Å²) in [5.41, 5.74) is 2.24. The molecular weight excluding hydrogens is 266 g/mol. The third-order valence-electron chi connectivity index (χ3n) is 2.84. The molecule has 0 aliphatic heterocycles. The van der Waals surface area contributed by atoms with Gasteiger partial charge in [-0.3, -0.25) is 9.89 Å². The zero-order valence-electron chi connectivity index (χ0n) is 11.1. The highest BCUT2D eigenvalue weighted by molar-refractivity contribution is 6.32. The van der Waals surface area contributed by atoms with Crippen molar-refractivity contribution < 1.29 is 0 Å². The van der Waals surface area contributed by atoms with E-state index < -0.39 is 0 Å². The smallest absolute Gasteiger partial charge is 0.287 e. The van der Waals surface area contributed by atoms with Crippen LogP contribution in [0.1, 0.15) is 31.1 Å². The van der Waals surface area contributed by atoms with E-state index in [4.69, 9.17) is 11.6 Å². The lowest BCUT2D eigenvalue weighted by atomic mass is 10.2. The van der Waals surface area contributed by atoms with Crippen LogP contribution in [0, 0.1) is 6.92 Å². The van der Waals surface area contributed by atoms with Crippen molar-refractivity contribution in [2.45, 2.75) is 33.4 Å². The molecule has 0 aliphatic rings. The molecule has 0 fully saturated rings. The van der Waals surface area contributed by atoms with Crippen molar-refractivity contribution in [1.29, 1.82) is 0 Å². The molecule has 7 heteroatoms. The van der Waals surface area contributed by atoms with Crippen molar-refractivity contribution in [3.8, 4) is 0 Å². The fourth-order valence-corrected chi connectivity index (χ4v) is 1.88. The molecule has 0 spiro atoms. The molecule has 0 aromatic carbocycles. The molecule has 0 saturated heterocycles. The van der Waals surface area contributed by atoms with Gasteiger partial charge in [0.15, 0.2) is 0 Å². The Kier molecular flexibility index (Phi) is 3.90. The third kappa shape index (κ3) is 2.78. The van der Waals surface area contributed by atoms with Crippen LogP contribution in [0.3, 0.4) is 0 Å². The Morgan fingerprint density at radius 1 is 1.47 bits per heavy atom. The summed E-state index contributed by atoms with van der Waals surface area (Å²) in [6.07, 6.45) is 3.30. The van der Waals surface area contributed by atoms with Crippen molar-refractivity contribution in [2.24, 2.45) is 0 Å².